The van der Waals surface area contributed by atoms with E-state index < -0.39 is 0 Å². The van der Waals surface area contributed by atoms with Gasteiger partial charge in [-0.05, 0) is 45.2 Å². The highest BCUT2D eigenvalue weighted by Crippen LogP contribution is 2.21. The summed E-state index contributed by atoms with van der Waals surface area (Å²) in [6.07, 6.45) is 4.02. The van der Waals surface area contributed by atoms with Crippen LogP contribution in [0.2, 0.25) is 0 Å². The number of ether oxygens (including phenoxy) is 2. The molecule has 0 spiro atoms. The van der Waals surface area contributed by atoms with Gasteiger partial charge < -0.3 is 24.6 Å². The zero-order valence-corrected chi connectivity index (χ0v) is 15.4. The summed E-state index contributed by atoms with van der Waals surface area (Å²) in [6.45, 7) is 13.3. The highest BCUT2D eigenvalue weighted by atomic mass is 16.5. The van der Waals surface area contributed by atoms with Crippen molar-refractivity contribution in [2.75, 3.05) is 59.0 Å². The molecule has 24 heavy (non-hydrogen) atoms. The lowest BCUT2D eigenvalue weighted by Crippen LogP contribution is -2.53. The van der Waals surface area contributed by atoms with Crippen LogP contribution in [0.5, 0.6) is 0 Å². The lowest BCUT2D eigenvalue weighted by Gasteiger charge is -2.37. The van der Waals surface area contributed by atoms with Crippen LogP contribution in [0.4, 0.5) is 0 Å². The molecule has 0 aromatic carbocycles. The van der Waals surface area contributed by atoms with E-state index in [4.69, 9.17) is 14.5 Å². The van der Waals surface area contributed by atoms with Crippen LogP contribution in [0, 0.1) is 5.92 Å². The molecule has 0 saturated carbocycles. The molecular weight excluding hydrogens is 304 g/mol. The summed E-state index contributed by atoms with van der Waals surface area (Å²) in [4.78, 5) is 9.85. The Bertz CT molecular complexity index is 412. The molecule has 3 rings (SSSR count). The highest BCUT2D eigenvalue weighted by molar-refractivity contribution is 5.80. The first-order valence-electron chi connectivity index (χ1n) is 9.79. The Balaban J connectivity index is 1.56. The molecule has 0 amide bonds. The van der Waals surface area contributed by atoms with Crippen LogP contribution in [0.3, 0.4) is 0 Å². The summed E-state index contributed by atoms with van der Waals surface area (Å²) >= 11 is 0. The van der Waals surface area contributed by atoms with E-state index in [1.165, 1.54) is 19.5 Å². The molecule has 3 aliphatic rings. The molecule has 138 valence electrons. The molecule has 0 radical (unpaired) electrons. The molecule has 0 aromatic heterocycles. The van der Waals surface area contributed by atoms with Crippen LogP contribution >= 0.6 is 0 Å². The number of nitrogens with one attached hydrogen (secondary N) is 1. The quantitative estimate of drug-likeness (QED) is 0.602. The summed E-state index contributed by atoms with van der Waals surface area (Å²) in [6, 6.07) is 0. The number of guanidine groups is 1. The third-order valence-corrected chi connectivity index (χ3v) is 5.42. The van der Waals surface area contributed by atoms with Gasteiger partial charge in [0.1, 0.15) is 6.10 Å². The molecular formula is C18H34N4O2. The van der Waals surface area contributed by atoms with Gasteiger partial charge in [0, 0.05) is 39.3 Å². The Labute approximate surface area is 146 Å². The Hall–Kier alpha value is -0.850. The SMILES string of the molecule is CCNC(=NCC1CCN(CC)C1)N1CCOC(C2CCCO2)C1. The maximum atomic E-state index is 5.97. The first-order valence-corrected chi connectivity index (χ1v) is 9.79. The van der Waals surface area contributed by atoms with E-state index in [0.29, 0.717) is 5.92 Å². The summed E-state index contributed by atoms with van der Waals surface area (Å²) in [5, 5.41) is 3.48. The summed E-state index contributed by atoms with van der Waals surface area (Å²) < 4.78 is 11.8. The van der Waals surface area contributed by atoms with Crippen molar-refractivity contribution in [2.45, 2.75) is 45.3 Å². The van der Waals surface area contributed by atoms with Crippen molar-refractivity contribution in [1.82, 2.24) is 15.1 Å². The second-order valence-corrected chi connectivity index (χ2v) is 7.15. The van der Waals surface area contributed by atoms with Crippen LogP contribution in [0.15, 0.2) is 4.99 Å². The van der Waals surface area contributed by atoms with Gasteiger partial charge in [0.25, 0.3) is 0 Å². The zero-order chi connectivity index (χ0) is 16.8. The van der Waals surface area contributed by atoms with Crippen LogP contribution in [-0.2, 0) is 9.47 Å². The Morgan fingerprint density at radius 3 is 2.67 bits per heavy atom. The van der Waals surface area contributed by atoms with Crippen LogP contribution in [0.1, 0.15) is 33.1 Å². The predicted octanol–water partition coefficient (Wildman–Crippen LogP) is 1.17. The third-order valence-electron chi connectivity index (χ3n) is 5.42. The number of nitrogens with zero attached hydrogens (tertiary/aromatic N) is 3. The standard InChI is InChI=1S/C18H34N4O2/c1-3-19-18(20-12-15-7-8-21(4-2)13-15)22-9-11-24-17(14-22)16-6-5-10-23-16/h15-17H,3-14H2,1-2H3,(H,19,20). The average molecular weight is 338 g/mol. The molecule has 3 fully saturated rings. The second-order valence-electron chi connectivity index (χ2n) is 7.15. The number of hydrogen-bond donors (Lipinski definition) is 1. The Kier molecular flexibility index (Phi) is 6.75. The molecule has 3 saturated heterocycles. The van der Waals surface area contributed by atoms with E-state index in [0.717, 1.165) is 64.7 Å². The van der Waals surface area contributed by atoms with E-state index in [-0.39, 0.29) is 12.2 Å². The van der Waals surface area contributed by atoms with E-state index in [9.17, 15) is 0 Å². The van der Waals surface area contributed by atoms with Gasteiger partial charge in [-0.2, -0.15) is 0 Å². The maximum absolute atomic E-state index is 5.97. The van der Waals surface area contributed by atoms with Gasteiger partial charge in [-0.3, -0.25) is 4.99 Å². The monoisotopic (exact) mass is 338 g/mol. The van der Waals surface area contributed by atoms with Crippen LogP contribution in [0.25, 0.3) is 0 Å². The minimum Gasteiger partial charge on any atom is -0.375 e. The molecule has 1 N–H and O–H groups in total. The number of hydrogen-bond acceptors (Lipinski definition) is 4. The van der Waals surface area contributed by atoms with E-state index in [1.54, 1.807) is 0 Å². The lowest BCUT2D eigenvalue weighted by molar-refractivity contribution is -0.0817. The zero-order valence-electron chi connectivity index (χ0n) is 15.4. The van der Waals surface area contributed by atoms with Gasteiger partial charge in [0.15, 0.2) is 5.96 Å². The fourth-order valence-electron chi connectivity index (χ4n) is 3.98. The Morgan fingerprint density at radius 2 is 1.96 bits per heavy atom. The predicted molar refractivity (Wildman–Crippen MR) is 96.5 cm³/mol. The molecule has 3 atom stereocenters. The third kappa shape index (κ3) is 4.61. The molecule has 6 nitrogen and oxygen atoms in total. The largest absolute Gasteiger partial charge is 0.375 e. The summed E-state index contributed by atoms with van der Waals surface area (Å²) in [5.41, 5.74) is 0. The number of rotatable bonds is 5. The normalized spacial score (nSPS) is 32.5. The molecule has 0 bridgehead atoms. The molecule has 0 aromatic rings. The maximum Gasteiger partial charge on any atom is 0.194 e. The van der Waals surface area contributed by atoms with Gasteiger partial charge in [-0.1, -0.05) is 6.92 Å². The molecule has 3 aliphatic heterocycles. The van der Waals surface area contributed by atoms with Crippen molar-refractivity contribution in [3.63, 3.8) is 0 Å². The minimum absolute atomic E-state index is 0.187. The van der Waals surface area contributed by atoms with Crippen molar-refractivity contribution in [1.29, 1.82) is 0 Å². The fraction of sp³-hybridized carbons (Fsp3) is 0.944. The van der Waals surface area contributed by atoms with Gasteiger partial charge in [-0.25, -0.2) is 0 Å². The van der Waals surface area contributed by atoms with Gasteiger partial charge >= 0.3 is 0 Å². The van der Waals surface area contributed by atoms with E-state index in [2.05, 4.69) is 29.0 Å². The average Bonchev–Trinajstić information content (AvgIpc) is 3.30. The first kappa shape index (κ1) is 18.0. The molecule has 3 heterocycles. The first-order chi connectivity index (χ1) is 11.8. The Morgan fingerprint density at radius 1 is 1.08 bits per heavy atom. The fourth-order valence-corrected chi connectivity index (χ4v) is 3.98. The number of aliphatic imine (C=N–C) groups is 1. The lowest BCUT2D eigenvalue weighted by atomic mass is 10.1. The number of likely N-dealkylation sites (tertiary alicyclic amines) is 1. The minimum atomic E-state index is 0.187. The summed E-state index contributed by atoms with van der Waals surface area (Å²) in [7, 11) is 0. The molecule has 6 heteroatoms. The van der Waals surface area contributed by atoms with Crippen molar-refractivity contribution < 1.29 is 9.47 Å². The topological polar surface area (TPSA) is 49.3 Å². The summed E-state index contributed by atoms with van der Waals surface area (Å²) in [5.74, 6) is 1.76. The van der Waals surface area contributed by atoms with E-state index >= 15 is 0 Å². The van der Waals surface area contributed by atoms with Crippen LogP contribution in [-0.4, -0.2) is 87.0 Å². The van der Waals surface area contributed by atoms with Crippen LogP contribution < -0.4 is 5.32 Å². The smallest absolute Gasteiger partial charge is 0.194 e. The van der Waals surface area contributed by atoms with Crippen molar-refractivity contribution in [3.8, 4) is 0 Å². The second kappa shape index (κ2) is 9.02. The molecule has 0 aliphatic carbocycles. The van der Waals surface area contributed by atoms with E-state index in [1.807, 2.05) is 0 Å². The number of morpholine rings is 1. The van der Waals surface area contributed by atoms with Crippen molar-refractivity contribution in [3.05, 3.63) is 0 Å². The highest BCUT2D eigenvalue weighted by Gasteiger charge is 2.32. The van der Waals surface area contributed by atoms with Gasteiger partial charge in [0.2, 0.25) is 0 Å². The van der Waals surface area contributed by atoms with Gasteiger partial charge in [0.05, 0.1) is 12.7 Å². The van der Waals surface area contributed by atoms with Crippen molar-refractivity contribution in [2.24, 2.45) is 10.9 Å². The van der Waals surface area contributed by atoms with Crippen molar-refractivity contribution >= 4 is 5.96 Å². The van der Waals surface area contributed by atoms with Gasteiger partial charge in [-0.15, -0.1) is 0 Å². The molecule has 3 unspecified atom stereocenters.